The molecule has 1 atom stereocenters. The second-order valence-electron chi connectivity index (χ2n) is 7.03. The van der Waals surface area contributed by atoms with Crippen molar-refractivity contribution in [2.24, 2.45) is 0 Å². The highest BCUT2D eigenvalue weighted by Gasteiger charge is 2.22. The highest BCUT2D eigenvalue weighted by atomic mass is 16.6. The van der Waals surface area contributed by atoms with E-state index >= 15 is 0 Å². The Bertz CT molecular complexity index is 929. The average Bonchev–Trinajstić information content (AvgIpc) is 3.20. The van der Waals surface area contributed by atoms with Gasteiger partial charge >= 0.3 is 5.97 Å². The third-order valence-electron chi connectivity index (χ3n) is 4.95. The number of esters is 1. The largest absolute Gasteiger partial charge is 0.493 e. The quantitative estimate of drug-likeness (QED) is 0.490. The smallest absolute Gasteiger partial charge is 0.344 e. The summed E-state index contributed by atoms with van der Waals surface area (Å²) in [5.41, 5.74) is 4.06. The number of ether oxygens (including phenoxy) is 3. The number of fused-ring (bicyclic) bond motifs is 1. The summed E-state index contributed by atoms with van der Waals surface area (Å²) in [7, 11) is 1.54. The highest BCUT2D eigenvalue weighted by molar-refractivity contribution is 6.00. The first-order valence-electron chi connectivity index (χ1n) is 9.81. The standard InChI is InChI=1S/C24H26O5/c1-4-6-17-9-12-21(22(13-17)27-3)28-15-23(25)29-16(2)24(26)20-11-10-18-7-5-8-19(18)14-20/h4,6,9-14,16H,5,7-8,15H2,1-3H3/b6-4+/t16-/m0/s1. The van der Waals surface area contributed by atoms with Gasteiger partial charge in [-0.2, -0.15) is 0 Å². The topological polar surface area (TPSA) is 61.8 Å². The van der Waals surface area contributed by atoms with Crippen molar-refractivity contribution in [3.63, 3.8) is 0 Å². The van der Waals surface area contributed by atoms with Crippen LogP contribution in [0.3, 0.4) is 0 Å². The van der Waals surface area contributed by atoms with Crippen molar-refractivity contribution in [2.45, 2.75) is 39.2 Å². The van der Waals surface area contributed by atoms with E-state index in [4.69, 9.17) is 14.2 Å². The van der Waals surface area contributed by atoms with E-state index < -0.39 is 12.1 Å². The molecule has 0 saturated heterocycles. The lowest BCUT2D eigenvalue weighted by atomic mass is 10.0. The molecule has 0 aromatic heterocycles. The van der Waals surface area contributed by atoms with Crippen LogP contribution in [0.5, 0.6) is 11.5 Å². The molecule has 152 valence electrons. The van der Waals surface area contributed by atoms with Crippen LogP contribution >= 0.6 is 0 Å². The minimum absolute atomic E-state index is 0.207. The predicted octanol–water partition coefficient (Wildman–Crippen LogP) is 4.41. The van der Waals surface area contributed by atoms with Gasteiger partial charge < -0.3 is 14.2 Å². The molecule has 2 aromatic carbocycles. The van der Waals surface area contributed by atoms with E-state index in [1.807, 2.05) is 49.4 Å². The van der Waals surface area contributed by atoms with Gasteiger partial charge in [-0.15, -0.1) is 0 Å². The monoisotopic (exact) mass is 394 g/mol. The summed E-state index contributed by atoms with van der Waals surface area (Å²) in [6, 6.07) is 11.1. The van der Waals surface area contributed by atoms with Crippen LogP contribution in [0.25, 0.3) is 6.08 Å². The Morgan fingerprint density at radius 1 is 1.07 bits per heavy atom. The zero-order valence-corrected chi connectivity index (χ0v) is 17.1. The number of aryl methyl sites for hydroxylation is 2. The minimum Gasteiger partial charge on any atom is -0.493 e. The Kier molecular flexibility index (Phi) is 6.70. The fourth-order valence-electron chi connectivity index (χ4n) is 3.48. The molecule has 5 nitrogen and oxygen atoms in total. The summed E-state index contributed by atoms with van der Waals surface area (Å²) in [6.07, 6.45) is 6.16. The van der Waals surface area contributed by atoms with Gasteiger partial charge in [0.2, 0.25) is 5.78 Å². The van der Waals surface area contributed by atoms with Gasteiger partial charge in [-0.25, -0.2) is 4.79 Å². The van der Waals surface area contributed by atoms with Crippen LogP contribution in [-0.2, 0) is 22.4 Å². The van der Waals surface area contributed by atoms with Crippen LogP contribution in [0.1, 0.15) is 47.3 Å². The number of carbonyl (C=O) groups excluding carboxylic acids is 2. The number of hydrogen-bond donors (Lipinski definition) is 0. The molecule has 0 N–H and O–H groups in total. The molecular weight excluding hydrogens is 368 g/mol. The maximum absolute atomic E-state index is 12.6. The number of allylic oxidation sites excluding steroid dienone is 1. The SMILES string of the molecule is C/C=C/c1ccc(OCC(=O)O[C@@H](C)C(=O)c2ccc3c(c2)CCC3)c(OC)c1. The van der Waals surface area contributed by atoms with Crippen molar-refractivity contribution < 1.29 is 23.8 Å². The Morgan fingerprint density at radius 3 is 2.62 bits per heavy atom. The molecule has 1 aliphatic rings. The molecule has 0 unspecified atom stereocenters. The van der Waals surface area contributed by atoms with Gasteiger partial charge in [-0.3, -0.25) is 4.79 Å². The van der Waals surface area contributed by atoms with E-state index in [9.17, 15) is 9.59 Å². The molecule has 0 bridgehead atoms. The molecule has 0 aliphatic heterocycles. The molecule has 0 heterocycles. The van der Waals surface area contributed by atoms with Crippen LogP contribution in [-0.4, -0.2) is 31.6 Å². The molecule has 0 radical (unpaired) electrons. The first-order valence-corrected chi connectivity index (χ1v) is 9.81. The number of benzene rings is 2. The van der Waals surface area contributed by atoms with E-state index in [1.54, 1.807) is 13.0 Å². The van der Waals surface area contributed by atoms with Crippen molar-refractivity contribution in [1.82, 2.24) is 0 Å². The Hall–Kier alpha value is -3.08. The lowest BCUT2D eigenvalue weighted by Crippen LogP contribution is -2.27. The van der Waals surface area contributed by atoms with E-state index in [1.165, 1.54) is 18.2 Å². The molecule has 2 aromatic rings. The molecule has 0 saturated carbocycles. The van der Waals surface area contributed by atoms with Gasteiger partial charge in [0.15, 0.2) is 24.2 Å². The molecule has 0 amide bonds. The fraction of sp³-hybridized carbons (Fsp3) is 0.333. The zero-order valence-electron chi connectivity index (χ0n) is 17.1. The van der Waals surface area contributed by atoms with Crippen LogP contribution in [0, 0.1) is 0 Å². The van der Waals surface area contributed by atoms with E-state index in [2.05, 4.69) is 0 Å². The third kappa shape index (κ3) is 5.05. The summed E-state index contributed by atoms with van der Waals surface area (Å²) in [6.45, 7) is 3.21. The van der Waals surface area contributed by atoms with Crippen molar-refractivity contribution in [3.05, 3.63) is 64.7 Å². The van der Waals surface area contributed by atoms with E-state index in [0.717, 1.165) is 24.8 Å². The molecule has 5 heteroatoms. The van der Waals surface area contributed by atoms with Gasteiger partial charge in [0.25, 0.3) is 0 Å². The summed E-state index contributed by atoms with van der Waals surface area (Å²) in [5.74, 6) is 0.152. The van der Waals surface area contributed by atoms with Crippen LogP contribution < -0.4 is 9.47 Å². The number of methoxy groups -OCH3 is 1. The second kappa shape index (κ2) is 9.41. The average molecular weight is 394 g/mol. The van der Waals surface area contributed by atoms with Gasteiger partial charge in [-0.05, 0) is 68.0 Å². The zero-order chi connectivity index (χ0) is 20.8. The van der Waals surface area contributed by atoms with Crippen LogP contribution in [0.15, 0.2) is 42.5 Å². The van der Waals surface area contributed by atoms with Crippen molar-refractivity contribution in [3.8, 4) is 11.5 Å². The van der Waals surface area contributed by atoms with Crippen molar-refractivity contribution in [1.29, 1.82) is 0 Å². The fourth-order valence-corrected chi connectivity index (χ4v) is 3.48. The molecule has 3 rings (SSSR count). The normalized spacial score (nSPS) is 13.8. The van der Waals surface area contributed by atoms with E-state index in [-0.39, 0.29) is 12.4 Å². The maximum Gasteiger partial charge on any atom is 0.344 e. The molecule has 0 spiro atoms. The lowest BCUT2D eigenvalue weighted by molar-refractivity contribution is -0.148. The first kappa shape index (κ1) is 20.6. The van der Waals surface area contributed by atoms with Gasteiger partial charge in [0.05, 0.1) is 7.11 Å². The number of hydrogen-bond acceptors (Lipinski definition) is 5. The van der Waals surface area contributed by atoms with Gasteiger partial charge in [-0.1, -0.05) is 30.4 Å². The first-order chi connectivity index (χ1) is 14.0. The van der Waals surface area contributed by atoms with Gasteiger partial charge in [0, 0.05) is 5.56 Å². The van der Waals surface area contributed by atoms with Crippen molar-refractivity contribution in [2.75, 3.05) is 13.7 Å². The molecule has 1 aliphatic carbocycles. The summed E-state index contributed by atoms with van der Waals surface area (Å²) >= 11 is 0. The predicted molar refractivity (Wildman–Crippen MR) is 112 cm³/mol. The Morgan fingerprint density at radius 2 is 1.86 bits per heavy atom. The summed E-state index contributed by atoms with van der Waals surface area (Å²) in [4.78, 5) is 24.8. The van der Waals surface area contributed by atoms with Crippen molar-refractivity contribution >= 4 is 17.8 Å². The number of rotatable bonds is 8. The Balaban J connectivity index is 1.57. The summed E-state index contributed by atoms with van der Waals surface area (Å²) in [5, 5.41) is 0. The molecule has 0 fully saturated rings. The maximum atomic E-state index is 12.6. The Labute approximate surface area is 171 Å². The number of ketones is 1. The lowest BCUT2D eigenvalue weighted by Gasteiger charge is -2.14. The van der Waals surface area contributed by atoms with E-state index in [0.29, 0.717) is 17.1 Å². The highest BCUT2D eigenvalue weighted by Crippen LogP contribution is 2.28. The number of Topliss-reactive ketones (excluding diaryl/α,β-unsaturated/α-hetero) is 1. The third-order valence-corrected chi connectivity index (χ3v) is 4.95. The summed E-state index contributed by atoms with van der Waals surface area (Å²) < 4.78 is 16.1. The minimum atomic E-state index is -0.871. The van der Waals surface area contributed by atoms with Crippen LogP contribution in [0.2, 0.25) is 0 Å². The van der Waals surface area contributed by atoms with Crippen LogP contribution in [0.4, 0.5) is 0 Å². The number of carbonyl (C=O) groups is 2. The molecular formula is C24H26O5. The van der Waals surface area contributed by atoms with Gasteiger partial charge in [0.1, 0.15) is 0 Å². The molecule has 29 heavy (non-hydrogen) atoms. The second-order valence-corrected chi connectivity index (χ2v) is 7.03.